The Bertz CT molecular complexity index is 429. The van der Waals surface area contributed by atoms with Gasteiger partial charge in [-0.15, -0.1) is 0 Å². The van der Waals surface area contributed by atoms with Crippen LogP contribution in [0.3, 0.4) is 0 Å². The van der Waals surface area contributed by atoms with E-state index in [1.165, 1.54) is 36.0 Å². The molecular weight excluding hydrogens is 238 g/mol. The van der Waals surface area contributed by atoms with E-state index in [4.69, 9.17) is 4.74 Å². The SMILES string of the molecule is CCOC(=O)CCCNCc1ccc2c(c1)CCC2. The maximum absolute atomic E-state index is 11.2. The first kappa shape index (κ1) is 14.1. The van der Waals surface area contributed by atoms with Crippen LogP contribution in [0.2, 0.25) is 0 Å². The molecule has 0 amide bonds. The molecule has 0 aromatic heterocycles. The third-order valence-electron chi connectivity index (χ3n) is 3.53. The Balaban J connectivity index is 1.65. The van der Waals surface area contributed by atoms with Crippen molar-refractivity contribution in [2.75, 3.05) is 13.2 Å². The van der Waals surface area contributed by atoms with Crippen LogP contribution in [0.4, 0.5) is 0 Å². The Morgan fingerprint density at radius 1 is 1.32 bits per heavy atom. The molecular formula is C16H23NO2. The van der Waals surface area contributed by atoms with E-state index < -0.39 is 0 Å². The quantitative estimate of drug-likeness (QED) is 0.605. The number of hydrogen-bond acceptors (Lipinski definition) is 3. The largest absolute Gasteiger partial charge is 0.466 e. The Labute approximate surface area is 115 Å². The fourth-order valence-corrected chi connectivity index (χ4v) is 2.56. The van der Waals surface area contributed by atoms with Gasteiger partial charge in [0.1, 0.15) is 0 Å². The topological polar surface area (TPSA) is 38.3 Å². The first-order chi connectivity index (χ1) is 9.29. The number of carbonyl (C=O) groups is 1. The molecule has 19 heavy (non-hydrogen) atoms. The van der Waals surface area contributed by atoms with E-state index in [0.717, 1.165) is 19.5 Å². The molecule has 1 N–H and O–H groups in total. The number of fused-ring (bicyclic) bond motifs is 1. The molecule has 0 spiro atoms. The number of hydrogen-bond donors (Lipinski definition) is 1. The van der Waals surface area contributed by atoms with E-state index in [1.807, 2.05) is 6.92 Å². The van der Waals surface area contributed by atoms with E-state index in [1.54, 1.807) is 0 Å². The summed E-state index contributed by atoms with van der Waals surface area (Å²) in [5.74, 6) is -0.0955. The minimum Gasteiger partial charge on any atom is -0.466 e. The molecule has 2 rings (SSSR count). The van der Waals surface area contributed by atoms with Gasteiger partial charge in [-0.2, -0.15) is 0 Å². The van der Waals surface area contributed by atoms with Gasteiger partial charge in [-0.1, -0.05) is 18.2 Å². The second kappa shape index (κ2) is 7.29. The molecule has 3 heteroatoms. The Morgan fingerprint density at radius 2 is 2.16 bits per heavy atom. The van der Waals surface area contributed by atoms with E-state index in [0.29, 0.717) is 13.0 Å². The molecule has 0 atom stereocenters. The van der Waals surface area contributed by atoms with Crippen molar-refractivity contribution in [3.63, 3.8) is 0 Å². The number of aryl methyl sites for hydroxylation is 2. The number of rotatable bonds is 7. The van der Waals surface area contributed by atoms with E-state index in [9.17, 15) is 4.79 Å². The molecule has 0 aliphatic heterocycles. The molecule has 1 aliphatic carbocycles. The van der Waals surface area contributed by atoms with Crippen molar-refractivity contribution in [1.82, 2.24) is 5.32 Å². The highest BCUT2D eigenvalue weighted by Crippen LogP contribution is 2.22. The van der Waals surface area contributed by atoms with Gasteiger partial charge in [0.2, 0.25) is 0 Å². The smallest absolute Gasteiger partial charge is 0.305 e. The van der Waals surface area contributed by atoms with Crippen LogP contribution >= 0.6 is 0 Å². The van der Waals surface area contributed by atoms with Crippen molar-refractivity contribution in [2.45, 2.75) is 45.6 Å². The van der Waals surface area contributed by atoms with Crippen molar-refractivity contribution >= 4 is 5.97 Å². The third-order valence-corrected chi connectivity index (χ3v) is 3.53. The summed E-state index contributed by atoms with van der Waals surface area (Å²) in [6, 6.07) is 6.79. The lowest BCUT2D eigenvalue weighted by Crippen LogP contribution is -2.16. The minimum atomic E-state index is -0.0955. The molecule has 3 nitrogen and oxygen atoms in total. The number of esters is 1. The molecule has 0 fully saturated rings. The molecule has 0 radical (unpaired) electrons. The molecule has 0 unspecified atom stereocenters. The van der Waals surface area contributed by atoms with Gasteiger partial charge in [0.15, 0.2) is 0 Å². The number of benzene rings is 1. The van der Waals surface area contributed by atoms with Gasteiger partial charge in [0.25, 0.3) is 0 Å². The van der Waals surface area contributed by atoms with Gasteiger partial charge in [0.05, 0.1) is 6.61 Å². The van der Waals surface area contributed by atoms with E-state index in [-0.39, 0.29) is 5.97 Å². The normalized spacial score (nSPS) is 13.3. The fourth-order valence-electron chi connectivity index (χ4n) is 2.56. The van der Waals surface area contributed by atoms with Gasteiger partial charge in [0, 0.05) is 13.0 Å². The highest BCUT2D eigenvalue weighted by Gasteiger charge is 2.10. The summed E-state index contributed by atoms with van der Waals surface area (Å²) in [4.78, 5) is 11.2. The van der Waals surface area contributed by atoms with Crippen LogP contribution in [0, 0.1) is 0 Å². The molecule has 0 saturated heterocycles. The van der Waals surface area contributed by atoms with Crippen LogP contribution in [0.5, 0.6) is 0 Å². The number of carbonyl (C=O) groups excluding carboxylic acids is 1. The maximum Gasteiger partial charge on any atom is 0.305 e. The summed E-state index contributed by atoms with van der Waals surface area (Å²) >= 11 is 0. The number of ether oxygens (including phenoxy) is 1. The lowest BCUT2D eigenvalue weighted by Gasteiger charge is -2.07. The van der Waals surface area contributed by atoms with Crippen LogP contribution in [0.15, 0.2) is 18.2 Å². The lowest BCUT2D eigenvalue weighted by atomic mass is 10.1. The molecule has 0 saturated carbocycles. The fraction of sp³-hybridized carbons (Fsp3) is 0.562. The molecule has 1 aromatic rings. The van der Waals surface area contributed by atoms with E-state index >= 15 is 0 Å². The van der Waals surface area contributed by atoms with Crippen molar-refractivity contribution in [3.8, 4) is 0 Å². The average molecular weight is 261 g/mol. The van der Waals surface area contributed by atoms with Gasteiger partial charge >= 0.3 is 5.97 Å². The van der Waals surface area contributed by atoms with Gasteiger partial charge in [-0.25, -0.2) is 0 Å². The zero-order valence-electron chi connectivity index (χ0n) is 11.7. The first-order valence-electron chi connectivity index (χ1n) is 7.26. The highest BCUT2D eigenvalue weighted by molar-refractivity contribution is 5.69. The third kappa shape index (κ3) is 4.35. The van der Waals surface area contributed by atoms with Crippen molar-refractivity contribution < 1.29 is 9.53 Å². The average Bonchev–Trinajstić information content (AvgIpc) is 2.86. The number of nitrogens with one attached hydrogen (secondary N) is 1. The predicted molar refractivity (Wildman–Crippen MR) is 76.0 cm³/mol. The summed E-state index contributed by atoms with van der Waals surface area (Å²) < 4.78 is 4.89. The molecule has 0 heterocycles. The maximum atomic E-state index is 11.2. The van der Waals surface area contributed by atoms with Gasteiger partial charge in [-0.05, 0) is 55.8 Å². The monoisotopic (exact) mass is 261 g/mol. The summed E-state index contributed by atoms with van der Waals surface area (Å²) in [6.07, 6.45) is 5.11. The zero-order valence-corrected chi connectivity index (χ0v) is 11.7. The molecule has 1 aromatic carbocycles. The van der Waals surface area contributed by atoms with Gasteiger partial charge in [-0.3, -0.25) is 4.79 Å². The van der Waals surface area contributed by atoms with Crippen LogP contribution in [0.25, 0.3) is 0 Å². The van der Waals surface area contributed by atoms with Crippen LogP contribution in [-0.4, -0.2) is 19.1 Å². The Kier molecular flexibility index (Phi) is 5.40. The van der Waals surface area contributed by atoms with Crippen LogP contribution in [-0.2, 0) is 28.9 Å². The Morgan fingerprint density at radius 3 is 3.00 bits per heavy atom. The van der Waals surface area contributed by atoms with E-state index in [2.05, 4.69) is 23.5 Å². The standard InChI is InChI=1S/C16H23NO2/c1-2-19-16(18)7-4-10-17-12-13-8-9-14-5-3-6-15(14)11-13/h8-9,11,17H,2-7,10,12H2,1H3. The van der Waals surface area contributed by atoms with Crippen molar-refractivity contribution in [3.05, 3.63) is 34.9 Å². The summed E-state index contributed by atoms with van der Waals surface area (Å²) in [7, 11) is 0. The lowest BCUT2D eigenvalue weighted by molar-refractivity contribution is -0.143. The first-order valence-corrected chi connectivity index (χ1v) is 7.26. The molecule has 0 bridgehead atoms. The van der Waals surface area contributed by atoms with Crippen molar-refractivity contribution in [1.29, 1.82) is 0 Å². The van der Waals surface area contributed by atoms with Crippen LogP contribution in [0.1, 0.15) is 42.9 Å². The van der Waals surface area contributed by atoms with Crippen molar-refractivity contribution in [2.24, 2.45) is 0 Å². The second-order valence-electron chi connectivity index (χ2n) is 5.04. The zero-order chi connectivity index (χ0) is 13.5. The van der Waals surface area contributed by atoms with Crippen LogP contribution < -0.4 is 5.32 Å². The predicted octanol–water partition coefficient (Wildman–Crippen LogP) is 2.61. The summed E-state index contributed by atoms with van der Waals surface area (Å²) in [6.45, 7) is 4.05. The second-order valence-corrected chi connectivity index (χ2v) is 5.04. The highest BCUT2D eigenvalue weighted by atomic mass is 16.5. The van der Waals surface area contributed by atoms with Gasteiger partial charge < -0.3 is 10.1 Å². The summed E-state index contributed by atoms with van der Waals surface area (Å²) in [5, 5.41) is 3.38. The minimum absolute atomic E-state index is 0.0955. The molecule has 104 valence electrons. The Hall–Kier alpha value is -1.35. The summed E-state index contributed by atoms with van der Waals surface area (Å²) in [5.41, 5.74) is 4.38. The molecule has 1 aliphatic rings.